The van der Waals surface area contributed by atoms with Gasteiger partial charge < -0.3 is 4.74 Å². The number of hydrogen-bond acceptors (Lipinski definition) is 3. The third kappa shape index (κ3) is 2.90. The fraction of sp³-hybridized carbons (Fsp3) is 0.238. The molecule has 0 N–H and O–H groups in total. The summed E-state index contributed by atoms with van der Waals surface area (Å²) in [5.41, 5.74) is 7.24. The number of rotatable bonds is 2. The highest BCUT2D eigenvalue weighted by atomic mass is 16.5. The van der Waals surface area contributed by atoms with Gasteiger partial charge >= 0.3 is 0 Å². The first-order valence-electron chi connectivity index (χ1n) is 8.42. The first kappa shape index (κ1) is 14.9. The Morgan fingerprint density at radius 2 is 1.79 bits per heavy atom. The molecule has 0 amide bonds. The number of allylic oxidation sites excluding steroid dienone is 3. The van der Waals surface area contributed by atoms with Gasteiger partial charge in [-0.2, -0.15) is 0 Å². The van der Waals surface area contributed by atoms with Gasteiger partial charge in [0, 0.05) is 29.7 Å². The minimum Gasteiger partial charge on any atom is -0.481 e. The Morgan fingerprint density at radius 1 is 0.917 bits per heavy atom. The van der Waals surface area contributed by atoms with Crippen LogP contribution in [0.1, 0.15) is 36.8 Å². The van der Waals surface area contributed by atoms with Crippen LogP contribution in [0.4, 0.5) is 0 Å². The molecule has 3 nitrogen and oxygen atoms in total. The maximum atomic E-state index is 5.13. The van der Waals surface area contributed by atoms with Crippen molar-refractivity contribution in [3.63, 3.8) is 0 Å². The van der Waals surface area contributed by atoms with Crippen LogP contribution in [0.2, 0.25) is 0 Å². The van der Waals surface area contributed by atoms with Crippen molar-refractivity contribution in [2.24, 2.45) is 4.99 Å². The predicted molar refractivity (Wildman–Crippen MR) is 98.3 cm³/mol. The van der Waals surface area contributed by atoms with E-state index in [1.165, 1.54) is 29.7 Å². The van der Waals surface area contributed by atoms with Crippen molar-refractivity contribution >= 4 is 12.3 Å². The van der Waals surface area contributed by atoms with E-state index in [0.717, 1.165) is 29.5 Å². The summed E-state index contributed by atoms with van der Waals surface area (Å²) in [6.07, 6.45) is 13.1. The average molecular weight is 316 g/mol. The van der Waals surface area contributed by atoms with Crippen molar-refractivity contribution in [1.29, 1.82) is 0 Å². The molecule has 0 saturated heterocycles. The monoisotopic (exact) mass is 316 g/mol. The molecular weight excluding hydrogens is 296 g/mol. The van der Waals surface area contributed by atoms with Gasteiger partial charge in [-0.25, -0.2) is 4.98 Å². The molecule has 0 unspecified atom stereocenters. The molecule has 1 aliphatic heterocycles. The highest BCUT2D eigenvalue weighted by Gasteiger charge is 2.12. The fourth-order valence-electron chi connectivity index (χ4n) is 3.27. The number of benzene rings is 1. The van der Waals surface area contributed by atoms with Crippen molar-refractivity contribution in [3.8, 4) is 17.0 Å². The number of hydrogen-bond donors (Lipinski definition) is 0. The van der Waals surface area contributed by atoms with E-state index in [0.29, 0.717) is 5.88 Å². The summed E-state index contributed by atoms with van der Waals surface area (Å²) in [6, 6.07) is 10.4. The third-order valence-electron chi connectivity index (χ3n) is 4.67. The molecule has 3 heteroatoms. The number of ether oxygens (including phenoxy) is 1. The van der Waals surface area contributed by atoms with Crippen molar-refractivity contribution in [3.05, 3.63) is 65.0 Å². The second-order valence-corrected chi connectivity index (χ2v) is 6.20. The Morgan fingerprint density at radius 3 is 2.62 bits per heavy atom. The topological polar surface area (TPSA) is 34.5 Å². The highest BCUT2D eigenvalue weighted by molar-refractivity contribution is 5.88. The van der Waals surface area contributed by atoms with Gasteiger partial charge in [0.1, 0.15) is 0 Å². The van der Waals surface area contributed by atoms with Gasteiger partial charge in [0.25, 0.3) is 0 Å². The first-order valence-corrected chi connectivity index (χ1v) is 8.42. The summed E-state index contributed by atoms with van der Waals surface area (Å²) in [5.74, 6) is 0.633. The van der Waals surface area contributed by atoms with E-state index in [1.807, 2.05) is 24.5 Å². The molecular formula is C21H20N2O. The number of aromatic nitrogens is 1. The summed E-state index contributed by atoms with van der Waals surface area (Å²) in [4.78, 5) is 9.05. The van der Waals surface area contributed by atoms with Crippen LogP contribution in [0.3, 0.4) is 0 Å². The third-order valence-corrected chi connectivity index (χ3v) is 4.67. The smallest absolute Gasteiger partial charge is 0.212 e. The van der Waals surface area contributed by atoms with Crippen LogP contribution in [-0.4, -0.2) is 18.3 Å². The molecule has 0 bridgehead atoms. The van der Waals surface area contributed by atoms with Gasteiger partial charge in [-0.05, 0) is 60.1 Å². The van der Waals surface area contributed by atoms with Crippen LogP contribution in [-0.2, 0) is 0 Å². The van der Waals surface area contributed by atoms with Crippen molar-refractivity contribution < 1.29 is 4.74 Å². The second-order valence-electron chi connectivity index (χ2n) is 6.20. The number of fused-ring (bicyclic) bond motifs is 1. The lowest BCUT2D eigenvalue weighted by Crippen LogP contribution is -2.00. The van der Waals surface area contributed by atoms with Gasteiger partial charge in [-0.3, -0.25) is 4.99 Å². The Hall–Kier alpha value is -2.68. The Labute approximate surface area is 142 Å². The van der Waals surface area contributed by atoms with E-state index in [9.17, 15) is 0 Å². The van der Waals surface area contributed by atoms with Crippen molar-refractivity contribution in [2.75, 3.05) is 7.11 Å². The predicted octanol–water partition coefficient (Wildman–Crippen LogP) is 5.03. The van der Waals surface area contributed by atoms with Crippen LogP contribution >= 0.6 is 0 Å². The minimum absolute atomic E-state index is 0.633. The first-order chi connectivity index (χ1) is 11.8. The molecule has 1 aliphatic carbocycles. The van der Waals surface area contributed by atoms with E-state index >= 15 is 0 Å². The quantitative estimate of drug-likeness (QED) is 0.778. The van der Waals surface area contributed by atoms with Crippen molar-refractivity contribution in [1.82, 2.24) is 4.98 Å². The van der Waals surface area contributed by atoms with E-state index in [2.05, 4.69) is 35.3 Å². The standard InChI is InChI=1S/C21H20N2O/c1-24-21-11-10-19(14-23-21)17-8-9-18-13-22-20-5-3-2-4-15(20)6-7-16(18)12-17/h6-14H,2-5H2,1H3/b7-6-,15-6?,16-7?,18-13?,22-13?,22-20?. The molecule has 2 aromatic rings. The molecule has 2 aliphatic rings. The van der Waals surface area contributed by atoms with Crippen LogP contribution in [0, 0.1) is 0 Å². The lowest BCUT2D eigenvalue weighted by atomic mass is 9.93. The molecule has 2 heterocycles. The number of pyridine rings is 1. The maximum Gasteiger partial charge on any atom is 0.212 e. The molecule has 0 fully saturated rings. The molecule has 1 aromatic carbocycles. The molecule has 4 rings (SSSR count). The van der Waals surface area contributed by atoms with Gasteiger partial charge in [-0.1, -0.05) is 24.3 Å². The zero-order chi connectivity index (χ0) is 16.4. The Bertz CT molecular complexity index is 845. The van der Waals surface area contributed by atoms with E-state index in [1.54, 1.807) is 7.11 Å². The van der Waals surface area contributed by atoms with Gasteiger partial charge in [0.2, 0.25) is 5.88 Å². The Balaban J connectivity index is 1.70. The number of nitrogens with zero attached hydrogens (tertiary/aromatic N) is 2. The van der Waals surface area contributed by atoms with Crippen LogP contribution in [0.15, 0.2) is 58.9 Å². The summed E-state index contributed by atoms with van der Waals surface area (Å²) in [7, 11) is 1.63. The maximum absolute atomic E-state index is 5.13. The normalized spacial score (nSPS) is 17.5. The number of aliphatic imine (C=N–C) groups is 1. The van der Waals surface area contributed by atoms with E-state index in [4.69, 9.17) is 9.73 Å². The summed E-state index contributed by atoms with van der Waals surface area (Å²) >= 11 is 0. The lowest BCUT2D eigenvalue weighted by Gasteiger charge is -2.16. The molecule has 1 aromatic heterocycles. The van der Waals surface area contributed by atoms with Crippen LogP contribution in [0.5, 0.6) is 5.88 Å². The summed E-state index contributed by atoms with van der Waals surface area (Å²) in [5, 5.41) is 0. The average Bonchev–Trinajstić information content (AvgIpc) is 2.63. The summed E-state index contributed by atoms with van der Waals surface area (Å²) < 4.78 is 5.13. The molecule has 120 valence electrons. The van der Waals surface area contributed by atoms with Crippen LogP contribution in [0.25, 0.3) is 17.2 Å². The highest BCUT2D eigenvalue weighted by Crippen LogP contribution is 2.30. The SMILES string of the molecule is COc1ccc(-c2ccc3c(c2)/C=C\C2=C(CCCC2)N=C3)cn1. The molecule has 0 saturated carbocycles. The van der Waals surface area contributed by atoms with Crippen LogP contribution < -0.4 is 4.74 Å². The van der Waals surface area contributed by atoms with E-state index < -0.39 is 0 Å². The zero-order valence-electron chi connectivity index (χ0n) is 13.8. The number of methoxy groups -OCH3 is 1. The molecule has 24 heavy (non-hydrogen) atoms. The van der Waals surface area contributed by atoms with Gasteiger partial charge in [-0.15, -0.1) is 0 Å². The van der Waals surface area contributed by atoms with E-state index in [-0.39, 0.29) is 0 Å². The largest absolute Gasteiger partial charge is 0.481 e. The molecule has 0 atom stereocenters. The zero-order valence-corrected chi connectivity index (χ0v) is 13.8. The van der Waals surface area contributed by atoms with Crippen molar-refractivity contribution in [2.45, 2.75) is 25.7 Å². The minimum atomic E-state index is 0.633. The molecule has 0 radical (unpaired) electrons. The lowest BCUT2D eigenvalue weighted by molar-refractivity contribution is 0.398. The molecule has 0 spiro atoms. The summed E-state index contributed by atoms with van der Waals surface area (Å²) in [6.45, 7) is 0. The van der Waals surface area contributed by atoms with Gasteiger partial charge in [0.15, 0.2) is 0 Å². The Kier molecular flexibility index (Phi) is 3.99. The van der Waals surface area contributed by atoms with Gasteiger partial charge in [0.05, 0.1) is 7.11 Å². The second kappa shape index (κ2) is 6.44. The fourth-order valence-corrected chi connectivity index (χ4v) is 3.27.